The van der Waals surface area contributed by atoms with Crippen molar-refractivity contribution in [2.45, 2.75) is 45.8 Å². The molecule has 1 atom stereocenters. The Morgan fingerprint density at radius 2 is 1.67 bits per heavy atom. The molecule has 1 aromatic carbocycles. The lowest BCUT2D eigenvalue weighted by atomic mass is 10.0. The van der Waals surface area contributed by atoms with Crippen molar-refractivity contribution in [3.8, 4) is 17.2 Å². The molecule has 2 aliphatic rings. The standard InChI is InChI=1S/C22H28N2O3/c1-15-12-20(13-16(2)23-15)27-19-6-8-24(9-7-19)17(3)18-4-5-21-22(14-18)26-11-10-25-21/h4-5,12-14,17,19H,6-11H2,1-3H3. The maximum absolute atomic E-state index is 6.22. The van der Waals surface area contributed by atoms with Gasteiger partial charge in [0, 0.05) is 42.7 Å². The number of fused-ring (bicyclic) bond motifs is 1. The lowest BCUT2D eigenvalue weighted by Gasteiger charge is -2.36. The van der Waals surface area contributed by atoms with Crippen molar-refractivity contribution in [1.82, 2.24) is 9.88 Å². The molecular weight excluding hydrogens is 340 g/mol. The quantitative estimate of drug-likeness (QED) is 0.814. The number of benzene rings is 1. The van der Waals surface area contributed by atoms with Gasteiger partial charge in [-0.1, -0.05) is 6.07 Å². The van der Waals surface area contributed by atoms with Crippen LogP contribution in [0.25, 0.3) is 0 Å². The number of pyridine rings is 1. The van der Waals surface area contributed by atoms with Crippen LogP contribution in [0.3, 0.4) is 0 Å². The first-order valence-corrected chi connectivity index (χ1v) is 9.84. The Balaban J connectivity index is 1.36. The zero-order valence-electron chi connectivity index (χ0n) is 16.4. The summed E-state index contributed by atoms with van der Waals surface area (Å²) in [5.41, 5.74) is 3.29. The zero-order valence-corrected chi connectivity index (χ0v) is 16.4. The van der Waals surface area contributed by atoms with Crippen LogP contribution in [0.1, 0.15) is 42.8 Å². The average Bonchev–Trinajstić information content (AvgIpc) is 2.67. The summed E-state index contributed by atoms with van der Waals surface area (Å²) in [6.45, 7) is 9.61. The van der Waals surface area contributed by atoms with Gasteiger partial charge in [-0.3, -0.25) is 9.88 Å². The topological polar surface area (TPSA) is 43.8 Å². The summed E-state index contributed by atoms with van der Waals surface area (Å²) in [5, 5.41) is 0. The molecule has 1 unspecified atom stereocenters. The molecule has 1 saturated heterocycles. The van der Waals surface area contributed by atoms with Crippen molar-refractivity contribution < 1.29 is 14.2 Å². The molecule has 2 aliphatic heterocycles. The Morgan fingerprint density at radius 3 is 2.37 bits per heavy atom. The SMILES string of the molecule is Cc1cc(OC2CCN(C(C)c3ccc4c(c3)OCCO4)CC2)cc(C)n1. The molecule has 5 heteroatoms. The van der Waals surface area contributed by atoms with Crippen molar-refractivity contribution in [2.24, 2.45) is 0 Å². The third-order valence-electron chi connectivity index (χ3n) is 5.43. The van der Waals surface area contributed by atoms with Crippen LogP contribution in [0, 0.1) is 13.8 Å². The molecule has 0 amide bonds. The number of hydrogen-bond donors (Lipinski definition) is 0. The van der Waals surface area contributed by atoms with Gasteiger partial charge in [0.2, 0.25) is 0 Å². The summed E-state index contributed by atoms with van der Waals surface area (Å²) in [4.78, 5) is 6.94. The monoisotopic (exact) mass is 368 g/mol. The van der Waals surface area contributed by atoms with Crippen molar-refractivity contribution in [2.75, 3.05) is 26.3 Å². The van der Waals surface area contributed by atoms with E-state index >= 15 is 0 Å². The molecule has 0 saturated carbocycles. The number of aryl methyl sites for hydroxylation is 2. The molecule has 0 bridgehead atoms. The van der Waals surface area contributed by atoms with E-state index in [-0.39, 0.29) is 6.10 Å². The Kier molecular flexibility index (Phi) is 5.21. The van der Waals surface area contributed by atoms with Gasteiger partial charge in [0.1, 0.15) is 25.1 Å². The molecule has 2 aromatic rings. The van der Waals surface area contributed by atoms with Gasteiger partial charge in [-0.05, 0) is 51.3 Å². The maximum atomic E-state index is 6.22. The predicted octanol–water partition coefficient (Wildman–Crippen LogP) is 4.07. The van der Waals surface area contributed by atoms with Crippen LogP contribution in [0.4, 0.5) is 0 Å². The second-order valence-electron chi connectivity index (χ2n) is 7.52. The Labute approximate surface area is 161 Å². The van der Waals surface area contributed by atoms with Crippen LogP contribution >= 0.6 is 0 Å². The Bertz CT molecular complexity index is 780. The minimum atomic E-state index is 0.273. The van der Waals surface area contributed by atoms with E-state index in [4.69, 9.17) is 14.2 Å². The third-order valence-corrected chi connectivity index (χ3v) is 5.43. The number of hydrogen-bond acceptors (Lipinski definition) is 5. The van der Waals surface area contributed by atoms with Gasteiger partial charge in [0.15, 0.2) is 11.5 Å². The Morgan fingerprint density at radius 1 is 1.00 bits per heavy atom. The van der Waals surface area contributed by atoms with E-state index in [1.54, 1.807) is 0 Å². The van der Waals surface area contributed by atoms with Crippen molar-refractivity contribution >= 4 is 0 Å². The van der Waals surface area contributed by atoms with Crippen LogP contribution in [-0.2, 0) is 0 Å². The molecule has 4 rings (SSSR count). The summed E-state index contributed by atoms with van der Waals surface area (Å²) >= 11 is 0. The molecule has 0 spiro atoms. The highest BCUT2D eigenvalue weighted by atomic mass is 16.6. The molecular formula is C22H28N2O3. The molecule has 5 nitrogen and oxygen atoms in total. The van der Waals surface area contributed by atoms with Crippen LogP contribution in [0.2, 0.25) is 0 Å². The summed E-state index contributed by atoms with van der Waals surface area (Å²) in [6.07, 6.45) is 2.35. The summed E-state index contributed by atoms with van der Waals surface area (Å²) in [7, 11) is 0. The minimum absolute atomic E-state index is 0.273. The number of rotatable bonds is 4. The van der Waals surface area contributed by atoms with Crippen LogP contribution in [0.5, 0.6) is 17.2 Å². The van der Waals surface area contributed by atoms with Gasteiger partial charge in [-0.15, -0.1) is 0 Å². The minimum Gasteiger partial charge on any atom is -0.490 e. The van der Waals surface area contributed by atoms with Crippen molar-refractivity contribution in [1.29, 1.82) is 0 Å². The van der Waals surface area contributed by atoms with Gasteiger partial charge in [0.05, 0.1) is 0 Å². The Hall–Kier alpha value is -2.27. The van der Waals surface area contributed by atoms with E-state index in [9.17, 15) is 0 Å². The lowest BCUT2D eigenvalue weighted by molar-refractivity contribution is 0.0794. The number of likely N-dealkylation sites (tertiary alicyclic amines) is 1. The van der Waals surface area contributed by atoms with E-state index < -0.39 is 0 Å². The van der Waals surface area contributed by atoms with E-state index in [2.05, 4.69) is 28.9 Å². The van der Waals surface area contributed by atoms with Crippen LogP contribution < -0.4 is 14.2 Å². The fourth-order valence-corrected chi connectivity index (χ4v) is 3.97. The van der Waals surface area contributed by atoms with Gasteiger partial charge >= 0.3 is 0 Å². The average molecular weight is 368 g/mol. The predicted molar refractivity (Wildman–Crippen MR) is 105 cm³/mol. The fraction of sp³-hybridized carbons (Fsp3) is 0.500. The lowest BCUT2D eigenvalue weighted by Crippen LogP contribution is -2.39. The molecule has 27 heavy (non-hydrogen) atoms. The van der Waals surface area contributed by atoms with E-state index in [0.717, 1.165) is 54.6 Å². The number of aromatic nitrogens is 1. The molecule has 0 N–H and O–H groups in total. The third kappa shape index (κ3) is 4.19. The van der Waals surface area contributed by atoms with Gasteiger partial charge in [-0.2, -0.15) is 0 Å². The highest BCUT2D eigenvalue weighted by Crippen LogP contribution is 2.35. The van der Waals surface area contributed by atoms with Gasteiger partial charge in [-0.25, -0.2) is 0 Å². The highest BCUT2D eigenvalue weighted by Gasteiger charge is 2.25. The number of piperidine rings is 1. The largest absolute Gasteiger partial charge is 0.490 e. The molecule has 1 aromatic heterocycles. The first-order chi connectivity index (χ1) is 13.1. The first-order valence-electron chi connectivity index (χ1n) is 9.84. The summed E-state index contributed by atoms with van der Waals surface area (Å²) < 4.78 is 17.6. The summed E-state index contributed by atoms with van der Waals surface area (Å²) in [6, 6.07) is 10.7. The smallest absolute Gasteiger partial charge is 0.161 e. The molecule has 3 heterocycles. The van der Waals surface area contributed by atoms with E-state index in [1.165, 1.54) is 5.56 Å². The van der Waals surface area contributed by atoms with E-state index in [0.29, 0.717) is 19.3 Å². The van der Waals surface area contributed by atoms with Gasteiger partial charge < -0.3 is 14.2 Å². The van der Waals surface area contributed by atoms with Crippen LogP contribution in [-0.4, -0.2) is 42.3 Å². The number of nitrogens with zero attached hydrogens (tertiary/aromatic N) is 2. The maximum Gasteiger partial charge on any atom is 0.161 e. The second kappa shape index (κ2) is 7.77. The molecule has 0 aliphatic carbocycles. The second-order valence-corrected chi connectivity index (χ2v) is 7.52. The van der Waals surface area contributed by atoms with Crippen LogP contribution in [0.15, 0.2) is 30.3 Å². The normalized spacial score (nSPS) is 18.9. The highest BCUT2D eigenvalue weighted by molar-refractivity contribution is 5.44. The molecule has 1 fully saturated rings. The molecule has 144 valence electrons. The molecule has 0 radical (unpaired) electrons. The van der Waals surface area contributed by atoms with Crippen molar-refractivity contribution in [3.63, 3.8) is 0 Å². The van der Waals surface area contributed by atoms with E-state index in [1.807, 2.05) is 32.0 Å². The zero-order chi connectivity index (χ0) is 18.8. The number of ether oxygens (including phenoxy) is 3. The summed E-state index contributed by atoms with van der Waals surface area (Å²) in [5.74, 6) is 2.66. The fourth-order valence-electron chi connectivity index (χ4n) is 3.97. The first kappa shape index (κ1) is 18.1. The van der Waals surface area contributed by atoms with Crippen molar-refractivity contribution in [3.05, 3.63) is 47.3 Å². The van der Waals surface area contributed by atoms with Gasteiger partial charge in [0.25, 0.3) is 0 Å².